The minimum Gasteiger partial charge on any atom is -0.354 e. The lowest BCUT2D eigenvalue weighted by molar-refractivity contribution is -0.142. The standard InChI is InChI=1S/C17H31F3N6/c1-6-26(7-2)10-8-9-13(3)23-16(21-4)22-11-14-12-25(5)24-15(14)17(18,19)20/h12-13H,6-11H2,1-5H3,(H2,21,22,23). The highest BCUT2D eigenvalue weighted by atomic mass is 19.4. The van der Waals surface area contributed by atoms with Gasteiger partial charge in [0, 0.05) is 38.4 Å². The van der Waals surface area contributed by atoms with Crippen LogP contribution in [-0.2, 0) is 19.8 Å². The SMILES string of the molecule is CCN(CC)CCCC(C)NC(=NC)NCc1cn(C)nc1C(F)(F)F. The molecular formula is C17H31F3N6. The van der Waals surface area contributed by atoms with E-state index in [-0.39, 0.29) is 18.2 Å². The number of nitrogens with zero attached hydrogens (tertiary/aromatic N) is 4. The zero-order valence-corrected chi connectivity index (χ0v) is 16.3. The Morgan fingerprint density at radius 2 is 2.00 bits per heavy atom. The van der Waals surface area contributed by atoms with Crippen LogP contribution < -0.4 is 10.6 Å². The third-order valence-electron chi connectivity index (χ3n) is 4.23. The molecule has 0 saturated carbocycles. The molecule has 0 spiro atoms. The molecule has 1 aromatic heterocycles. The number of alkyl halides is 3. The molecule has 0 aliphatic rings. The lowest BCUT2D eigenvalue weighted by atomic mass is 10.2. The van der Waals surface area contributed by atoms with E-state index >= 15 is 0 Å². The molecule has 0 aliphatic heterocycles. The molecule has 0 amide bonds. The van der Waals surface area contributed by atoms with E-state index in [0.29, 0.717) is 5.96 Å². The Kier molecular flexibility index (Phi) is 8.91. The van der Waals surface area contributed by atoms with Gasteiger partial charge in [0.05, 0.1) is 0 Å². The van der Waals surface area contributed by atoms with Crippen molar-refractivity contribution in [2.24, 2.45) is 12.0 Å². The first-order chi connectivity index (χ1) is 12.2. The zero-order chi connectivity index (χ0) is 19.7. The highest BCUT2D eigenvalue weighted by Gasteiger charge is 2.36. The number of aliphatic imine (C=N–C) groups is 1. The minimum atomic E-state index is -4.47. The summed E-state index contributed by atoms with van der Waals surface area (Å²) in [5, 5.41) is 9.67. The summed E-state index contributed by atoms with van der Waals surface area (Å²) >= 11 is 0. The minimum absolute atomic E-state index is 0.00846. The van der Waals surface area contributed by atoms with Crippen LogP contribution in [0.1, 0.15) is 44.9 Å². The number of rotatable bonds is 9. The van der Waals surface area contributed by atoms with Gasteiger partial charge in [-0.2, -0.15) is 18.3 Å². The predicted molar refractivity (Wildman–Crippen MR) is 98.0 cm³/mol. The van der Waals surface area contributed by atoms with Crippen molar-refractivity contribution < 1.29 is 13.2 Å². The van der Waals surface area contributed by atoms with Crippen LogP contribution in [0.5, 0.6) is 0 Å². The van der Waals surface area contributed by atoms with Crippen molar-refractivity contribution in [2.75, 3.05) is 26.7 Å². The van der Waals surface area contributed by atoms with Gasteiger partial charge in [0.1, 0.15) is 0 Å². The van der Waals surface area contributed by atoms with Crippen LogP contribution in [0.4, 0.5) is 13.2 Å². The number of nitrogens with one attached hydrogen (secondary N) is 2. The summed E-state index contributed by atoms with van der Waals surface area (Å²) in [5.74, 6) is 0.484. The Morgan fingerprint density at radius 1 is 1.35 bits per heavy atom. The van der Waals surface area contributed by atoms with Crippen LogP contribution in [0, 0.1) is 0 Å². The van der Waals surface area contributed by atoms with Gasteiger partial charge in [0.25, 0.3) is 0 Å². The summed E-state index contributed by atoms with van der Waals surface area (Å²) in [6.45, 7) is 9.45. The number of aromatic nitrogens is 2. The van der Waals surface area contributed by atoms with E-state index in [1.807, 2.05) is 6.92 Å². The molecule has 26 heavy (non-hydrogen) atoms. The van der Waals surface area contributed by atoms with E-state index in [1.54, 1.807) is 7.05 Å². The molecular weight excluding hydrogens is 345 g/mol. The third kappa shape index (κ3) is 7.23. The lowest BCUT2D eigenvalue weighted by Crippen LogP contribution is -2.42. The van der Waals surface area contributed by atoms with Gasteiger partial charge >= 0.3 is 6.18 Å². The Morgan fingerprint density at radius 3 is 2.54 bits per heavy atom. The Hall–Kier alpha value is -1.77. The fourth-order valence-corrected chi connectivity index (χ4v) is 2.75. The third-order valence-corrected chi connectivity index (χ3v) is 4.23. The van der Waals surface area contributed by atoms with Crippen LogP contribution in [0.3, 0.4) is 0 Å². The molecule has 150 valence electrons. The van der Waals surface area contributed by atoms with Crippen molar-refractivity contribution in [3.05, 3.63) is 17.5 Å². The second-order valence-corrected chi connectivity index (χ2v) is 6.31. The number of hydrogen-bond acceptors (Lipinski definition) is 3. The van der Waals surface area contributed by atoms with E-state index in [1.165, 1.54) is 17.9 Å². The van der Waals surface area contributed by atoms with Gasteiger partial charge < -0.3 is 15.5 Å². The summed E-state index contributed by atoms with van der Waals surface area (Å²) < 4.78 is 40.1. The zero-order valence-electron chi connectivity index (χ0n) is 16.3. The van der Waals surface area contributed by atoms with Gasteiger partial charge in [-0.05, 0) is 39.4 Å². The molecule has 1 aromatic rings. The molecule has 1 heterocycles. The molecule has 6 nitrogen and oxygen atoms in total. The second-order valence-electron chi connectivity index (χ2n) is 6.31. The molecule has 0 bridgehead atoms. The molecule has 0 aromatic carbocycles. The smallest absolute Gasteiger partial charge is 0.354 e. The van der Waals surface area contributed by atoms with E-state index < -0.39 is 11.9 Å². The molecule has 1 rings (SSSR count). The summed E-state index contributed by atoms with van der Waals surface area (Å²) in [4.78, 5) is 6.45. The van der Waals surface area contributed by atoms with Crippen LogP contribution in [0.2, 0.25) is 0 Å². The van der Waals surface area contributed by atoms with E-state index in [4.69, 9.17) is 0 Å². The van der Waals surface area contributed by atoms with Gasteiger partial charge in [0.2, 0.25) is 0 Å². The normalized spacial score (nSPS) is 14.0. The average Bonchev–Trinajstić information content (AvgIpc) is 2.96. The monoisotopic (exact) mass is 376 g/mol. The van der Waals surface area contributed by atoms with Crippen LogP contribution in [-0.4, -0.2) is 53.4 Å². The fourth-order valence-electron chi connectivity index (χ4n) is 2.75. The Balaban J connectivity index is 2.51. The summed E-state index contributed by atoms with van der Waals surface area (Å²) in [5.41, 5.74) is -0.771. The predicted octanol–water partition coefficient (Wildman–Crippen LogP) is 2.61. The van der Waals surface area contributed by atoms with Crippen molar-refractivity contribution in [1.82, 2.24) is 25.3 Å². The molecule has 0 fully saturated rings. The Labute approximate surface area is 153 Å². The lowest BCUT2D eigenvalue weighted by Gasteiger charge is -2.21. The molecule has 1 unspecified atom stereocenters. The second kappa shape index (κ2) is 10.4. The quantitative estimate of drug-likeness (QED) is 0.514. The van der Waals surface area contributed by atoms with E-state index in [2.05, 4.69) is 39.5 Å². The van der Waals surface area contributed by atoms with E-state index in [0.717, 1.165) is 32.5 Å². The first-order valence-corrected chi connectivity index (χ1v) is 9.00. The van der Waals surface area contributed by atoms with Crippen LogP contribution >= 0.6 is 0 Å². The largest absolute Gasteiger partial charge is 0.435 e. The van der Waals surface area contributed by atoms with Gasteiger partial charge in [-0.25, -0.2) is 0 Å². The molecule has 0 saturated heterocycles. The maximum atomic E-state index is 13.0. The highest BCUT2D eigenvalue weighted by molar-refractivity contribution is 5.79. The first kappa shape index (κ1) is 22.3. The van der Waals surface area contributed by atoms with Crippen molar-refractivity contribution >= 4 is 5.96 Å². The molecule has 9 heteroatoms. The topological polar surface area (TPSA) is 57.5 Å². The van der Waals surface area contributed by atoms with Crippen LogP contribution in [0.25, 0.3) is 0 Å². The molecule has 0 radical (unpaired) electrons. The first-order valence-electron chi connectivity index (χ1n) is 9.00. The summed E-state index contributed by atoms with van der Waals surface area (Å²) in [7, 11) is 3.08. The van der Waals surface area contributed by atoms with Crippen molar-refractivity contribution in [1.29, 1.82) is 0 Å². The summed E-state index contributed by atoms with van der Waals surface area (Å²) in [6, 6.07) is 0.174. The number of guanidine groups is 1. The van der Waals surface area contributed by atoms with Crippen molar-refractivity contribution in [2.45, 2.75) is 52.4 Å². The molecule has 0 aliphatic carbocycles. The highest BCUT2D eigenvalue weighted by Crippen LogP contribution is 2.30. The maximum Gasteiger partial charge on any atom is 0.435 e. The number of hydrogen-bond donors (Lipinski definition) is 2. The Bertz CT molecular complexity index is 563. The average molecular weight is 376 g/mol. The van der Waals surface area contributed by atoms with Gasteiger partial charge in [0.15, 0.2) is 11.7 Å². The van der Waals surface area contributed by atoms with Crippen molar-refractivity contribution in [3.63, 3.8) is 0 Å². The molecule has 2 N–H and O–H groups in total. The summed E-state index contributed by atoms with van der Waals surface area (Å²) in [6.07, 6.45) is -1.09. The van der Waals surface area contributed by atoms with Gasteiger partial charge in [-0.1, -0.05) is 13.8 Å². The maximum absolute atomic E-state index is 13.0. The van der Waals surface area contributed by atoms with Crippen molar-refractivity contribution in [3.8, 4) is 0 Å². The van der Waals surface area contributed by atoms with Gasteiger partial charge in [-0.3, -0.25) is 9.67 Å². The number of halogens is 3. The molecule has 1 atom stereocenters. The van der Waals surface area contributed by atoms with Crippen LogP contribution in [0.15, 0.2) is 11.2 Å². The van der Waals surface area contributed by atoms with Gasteiger partial charge in [-0.15, -0.1) is 0 Å². The number of aryl methyl sites for hydroxylation is 1. The van der Waals surface area contributed by atoms with E-state index in [9.17, 15) is 13.2 Å². The fraction of sp³-hybridized carbons (Fsp3) is 0.765.